The first-order valence-electron chi connectivity index (χ1n) is 9.18. The number of nitro groups is 1. The first-order chi connectivity index (χ1) is 13.0. The Morgan fingerprint density at radius 1 is 1.25 bits per heavy atom. The molecule has 1 aromatic heterocycles. The van der Waals surface area contributed by atoms with E-state index in [9.17, 15) is 19.7 Å². The summed E-state index contributed by atoms with van der Waals surface area (Å²) in [6.07, 6.45) is 2.39. The Morgan fingerprint density at radius 3 is 2.36 bits per heavy atom. The smallest absolute Gasteiger partial charge is 0.410 e. The minimum atomic E-state index is -0.989. The summed E-state index contributed by atoms with van der Waals surface area (Å²) in [6, 6.07) is 2.53. The molecule has 0 radical (unpaired) electrons. The van der Waals surface area contributed by atoms with Gasteiger partial charge in [0.25, 0.3) is 5.91 Å². The van der Waals surface area contributed by atoms with E-state index in [4.69, 9.17) is 15.2 Å². The molecule has 3 heterocycles. The summed E-state index contributed by atoms with van der Waals surface area (Å²) < 4.78 is 11.4. The first kappa shape index (κ1) is 19.8. The van der Waals surface area contributed by atoms with Crippen LogP contribution in [0.15, 0.2) is 12.1 Å². The summed E-state index contributed by atoms with van der Waals surface area (Å²) in [5.74, 6) is -0.883. The number of hydrogen-bond donors (Lipinski definition) is 1. The molecular formula is C18H24N4O6. The Bertz CT molecular complexity index is 792. The summed E-state index contributed by atoms with van der Waals surface area (Å²) in [7, 11) is 0. The number of fused-ring (bicyclic) bond motifs is 2. The largest absolute Gasteiger partial charge is 0.474 e. The molecule has 2 N–H and O–H groups in total. The lowest BCUT2D eigenvalue weighted by Crippen LogP contribution is -2.50. The molecule has 2 saturated heterocycles. The van der Waals surface area contributed by atoms with Gasteiger partial charge in [-0.1, -0.05) is 0 Å². The van der Waals surface area contributed by atoms with E-state index in [2.05, 4.69) is 4.98 Å². The van der Waals surface area contributed by atoms with Crippen molar-refractivity contribution in [1.29, 1.82) is 0 Å². The van der Waals surface area contributed by atoms with Crippen LogP contribution in [0, 0.1) is 10.1 Å². The molecule has 0 aliphatic carbocycles. The molecule has 2 amide bonds. The van der Waals surface area contributed by atoms with Crippen LogP contribution in [0.5, 0.6) is 5.88 Å². The van der Waals surface area contributed by atoms with Crippen molar-refractivity contribution in [1.82, 2.24) is 9.88 Å². The van der Waals surface area contributed by atoms with Crippen molar-refractivity contribution >= 4 is 17.7 Å². The highest BCUT2D eigenvalue weighted by atomic mass is 16.6. The van der Waals surface area contributed by atoms with Gasteiger partial charge in [0.1, 0.15) is 11.7 Å². The number of rotatable bonds is 4. The van der Waals surface area contributed by atoms with Gasteiger partial charge in [-0.05, 0) is 33.6 Å². The van der Waals surface area contributed by atoms with Gasteiger partial charge < -0.3 is 20.1 Å². The second-order valence-electron chi connectivity index (χ2n) is 8.12. The summed E-state index contributed by atoms with van der Waals surface area (Å²) in [6.45, 7) is 5.50. The molecule has 0 spiro atoms. The van der Waals surface area contributed by atoms with Crippen molar-refractivity contribution in [2.24, 2.45) is 5.73 Å². The second kappa shape index (κ2) is 7.25. The number of primary amides is 1. The molecule has 0 aromatic carbocycles. The molecule has 1 aromatic rings. The topological polar surface area (TPSA) is 138 Å². The Labute approximate surface area is 162 Å². The Morgan fingerprint density at radius 2 is 1.86 bits per heavy atom. The Kier molecular flexibility index (Phi) is 5.14. The van der Waals surface area contributed by atoms with Crippen molar-refractivity contribution in [2.45, 2.75) is 70.2 Å². The van der Waals surface area contributed by atoms with Gasteiger partial charge in [-0.3, -0.25) is 14.9 Å². The maximum absolute atomic E-state index is 12.5. The Hall–Kier alpha value is -2.91. The van der Waals surface area contributed by atoms with Crippen molar-refractivity contribution < 1.29 is 24.0 Å². The number of nitrogens with zero attached hydrogens (tertiary/aromatic N) is 3. The van der Waals surface area contributed by atoms with Crippen LogP contribution in [-0.4, -0.2) is 50.6 Å². The third-order valence-electron chi connectivity index (χ3n) is 4.86. The number of piperidine rings is 1. The summed E-state index contributed by atoms with van der Waals surface area (Å²) >= 11 is 0. The van der Waals surface area contributed by atoms with Gasteiger partial charge in [0.05, 0.1) is 4.92 Å². The predicted molar refractivity (Wildman–Crippen MR) is 97.9 cm³/mol. The fraction of sp³-hybridized carbons (Fsp3) is 0.611. The van der Waals surface area contributed by atoms with E-state index in [0.29, 0.717) is 12.8 Å². The highest BCUT2D eigenvalue weighted by Gasteiger charge is 2.45. The van der Waals surface area contributed by atoms with Gasteiger partial charge in [0.2, 0.25) is 11.6 Å². The van der Waals surface area contributed by atoms with Crippen LogP contribution < -0.4 is 10.5 Å². The lowest BCUT2D eigenvalue weighted by Gasteiger charge is -2.39. The molecule has 0 saturated carbocycles. The summed E-state index contributed by atoms with van der Waals surface area (Å²) in [5, 5.41) is 11.0. The highest BCUT2D eigenvalue weighted by Crippen LogP contribution is 2.38. The Balaban J connectivity index is 1.70. The number of aromatic nitrogens is 1. The lowest BCUT2D eigenvalue weighted by molar-refractivity contribution is -0.385. The maximum Gasteiger partial charge on any atom is 0.410 e. The number of pyridine rings is 1. The van der Waals surface area contributed by atoms with E-state index in [-0.39, 0.29) is 30.2 Å². The predicted octanol–water partition coefficient (Wildman–Crippen LogP) is 2.40. The number of nitrogens with two attached hydrogens (primary N) is 1. The fourth-order valence-electron chi connectivity index (χ4n) is 3.84. The van der Waals surface area contributed by atoms with Gasteiger partial charge >= 0.3 is 11.8 Å². The van der Waals surface area contributed by atoms with Crippen molar-refractivity contribution in [3.05, 3.63) is 27.9 Å². The molecule has 2 aliphatic heterocycles. The average Bonchev–Trinajstić information content (AvgIpc) is 2.84. The van der Waals surface area contributed by atoms with Crippen molar-refractivity contribution in [3.8, 4) is 5.88 Å². The zero-order valence-electron chi connectivity index (χ0n) is 16.1. The highest BCUT2D eigenvalue weighted by molar-refractivity contribution is 5.94. The van der Waals surface area contributed by atoms with Crippen LogP contribution in [0.3, 0.4) is 0 Å². The van der Waals surface area contributed by atoms with E-state index in [0.717, 1.165) is 18.9 Å². The van der Waals surface area contributed by atoms with Crippen LogP contribution in [0.4, 0.5) is 10.5 Å². The standard InChI is InChI=1S/C18H24N4O6/c1-18(2,3)28-17(24)21-10-4-5-11(21)9-12(8-10)27-14-7-6-13(22(25)26)15(20-14)16(19)23/h6-7,10-12H,4-5,8-9H2,1-3H3,(H2,19,23)/t10-,11+,12?. The van der Waals surface area contributed by atoms with Gasteiger partial charge in [-0.2, -0.15) is 0 Å². The molecule has 1 unspecified atom stereocenters. The lowest BCUT2D eigenvalue weighted by atomic mass is 10.0. The normalized spacial score (nSPS) is 24.0. The molecule has 152 valence electrons. The van der Waals surface area contributed by atoms with Crippen LogP contribution >= 0.6 is 0 Å². The molecule has 10 heteroatoms. The number of hydrogen-bond acceptors (Lipinski definition) is 7. The summed E-state index contributed by atoms with van der Waals surface area (Å²) in [5.41, 5.74) is 3.74. The number of ether oxygens (including phenoxy) is 2. The van der Waals surface area contributed by atoms with Gasteiger partial charge in [-0.25, -0.2) is 9.78 Å². The molecule has 3 rings (SSSR count). The van der Waals surface area contributed by atoms with E-state index >= 15 is 0 Å². The molecule has 10 nitrogen and oxygen atoms in total. The minimum absolute atomic E-state index is 0.00672. The van der Waals surface area contributed by atoms with Crippen molar-refractivity contribution in [2.75, 3.05) is 0 Å². The van der Waals surface area contributed by atoms with Crippen LogP contribution in [0.2, 0.25) is 0 Å². The molecular weight excluding hydrogens is 368 g/mol. The van der Waals surface area contributed by atoms with Crippen LogP contribution in [0.25, 0.3) is 0 Å². The number of carbonyl (C=O) groups excluding carboxylic acids is 2. The average molecular weight is 392 g/mol. The third kappa shape index (κ3) is 4.15. The van der Waals surface area contributed by atoms with Crippen LogP contribution in [-0.2, 0) is 4.74 Å². The van der Waals surface area contributed by atoms with E-state index < -0.39 is 27.8 Å². The third-order valence-corrected chi connectivity index (χ3v) is 4.86. The number of carbonyl (C=O) groups is 2. The molecule has 2 fully saturated rings. The van der Waals surface area contributed by atoms with E-state index in [1.165, 1.54) is 6.07 Å². The monoisotopic (exact) mass is 392 g/mol. The second-order valence-corrected chi connectivity index (χ2v) is 8.12. The quantitative estimate of drug-likeness (QED) is 0.613. The molecule has 2 aliphatic rings. The molecule has 3 atom stereocenters. The molecule has 28 heavy (non-hydrogen) atoms. The van der Waals surface area contributed by atoms with E-state index in [1.807, 2.05) is 20.8 Å². The van der Waals surface area contributed by atoms with Crippen LogP contribution in [0.1, 0.15) is 56.9 Å². The van der Waals surface area contributed by atoms with Gasteiger partial charge in [-0.15, -0.1) is 0 Å². The fourth-order valence-corrected chi connectivity index (χ4v) is 3.84. The number of amides is 2. The van der Waals surface area contributed by atoms with E-state index in [1.54, 1.807) is 4.90 Å². The minimum Gasteiger partial charge on any atom is -0.474 e. The van der Waals surface area contributed by atoms with Gasteiger partial charge in [0.15, 0.2) is 0 Å². The summed E-state index contributed by atoms with van der Waals surface area (Å²) in [4.78, 5) is 39.9. The first-order valence-corrected chi connectivity index (χ1v) is 9.18. The zero-order valence-corrected chi connectivity index (χ0v) is 16.1. The SMILES string of the molecule is CC(C)(C)OC(=O)N1[C@@H]2CC[C@H]1CC(Oc1ccc([N+](=O)[O-])c(C(N)=O)n1)C2. The van der Waals surface area contributed by atoms with Crippen molar-refractivity contribution in [3.63, 3.8) is 0 Å². The zero-order chi connectivity index (χ0) is 20.6. The van der Waals surface area contributed by atoms with Gasteiger partial charge in [0, 0.05) is 37.1 Å². The molecule has 2 bridgehead atoms. The maximum atomic E-state index is 12.5.